The van der Waals surface area contributed by atoms with E-state index in [9.17, 15) is 18.0 Å². The second kappa shape index (κ2) is 8.85. The standard InChI is InChI=1S/C19H22N2O5S2/c1-26-19(23)14-9-6-7-11-17(14)28(24,25)21-20-18(22)16-12-13-8-4-2-3-5-10-15(13)27-16/h6-7,9,11-12,21H,2-5,8,10H2,1H3,(H,20,22). The third-order valence-electron chi connectivity index (χ3n) is 4.60. The minimum absolute atomic E-state index is 0.106. The Hall–Kier alpha value is -2.23. The molecule has 2 aromatic rings. The number of methoxy groups -OCH3 is 1. The number of thiophene rings is 1. The first kappa shape index (κ1) is 20.5. The van der Waals surface area contributed by atoms with Crippen molar-refractivity contribution in [3.05, 3.63) is 51.2 Å². The molecule has 1 aliphatic rings. The maximum absolute atomic E-state index is 12.6. The summed E-state index contributed by atoms with van der Waals surface area (Å²) in [7, 11) is -2.97. The Bertz CT molecular complexity index is 956. The number of ether oxygens (including phenoxy) is 1. The first-order valence-corrected chi connectivity index (χ1v) is 11.3. The van der Waals surface area contributed by atoms with Gasteiger partial charge in [0, 0.05) is 4.88 Å². The van der Waals surface area contributed by atoms with Gasteiger partial charge < -0.3 is 4.74 Å². The van der Waals surface area contributed by atoms with Crippen LogP contribution >= 0.6 is 11.3 Å². The molecule has 2 N–H and O–H groups in total. The van der Waals surface area contributed by atoms with E-state index in [0.29, 0.717) is 4.88 Å². The van der Waals surface area contributed by atoms with Crippen LogP contribution in [0.5, 0.6) is 0 Å². The molecule has 0 unspecified atom stereocenters. The van der Waals surface area contributed by atoms with Gasteiger partial charge >= 0.3 is 5.97 Å². The number of amides is 1. The van der Waals surface area contributed by atoms with Crippen LogP contribution in [0, 0.1) is 0 Å². The molecular formula is C19H22N2O5S2. The van der Waals surface area contributed by atoms with Crippen molar-refractivity contribution in [2.75, 3.05) is 7.11 Å². The molecule has 0 saturated carbocycles. The Morgan fingerprint density at radius 3 is 2.54 bits per heavy atom. The topological polar surface area (TPSA) is 102 Å². The molecule has 150 valence electrons. The van der Waals surface area contributed by atoms with Crippen molar-refractivity contribution in [1.29, 1.82) is 0 Å². The maximum Gasteiger partial charge on any atom is 0.339 e. The summed E-state index contributed by atoms with van der Waals surface area (Å²) in [5.41, 5.74) is 3.31. The maximum atomic E-state index is 12.6. The predicted molar refractivity (Wildman–Crippen MR) is 106 cm³/mol. The molecule has 3 rings (SSSR count). The summed E-state index contributed by atoms with van der Waals surface area (Å²) < 4.78 is 29.7. The van der Waals surface area contributed by atoms with Gasteiger partial charge in [0.2, 0.25) is 0 Å². The second-order valence-corrected chi connectivity index (χ2v) is 9.31. The molecule has 1 heterocycles. The zero-order chi connectivity index (χ0) is 20.1. The van der Waals surface area contributed by atoms with E-state index >= 15 is 0 Å². The van der Waals surface area contributed by atoms with Crippen molar-refractivity contribution < 1.29 is 22.7 Å². The zero-order valence-corrected chi connectivity index (χ0v) is 17.1. The summed E-state index contributed by atoms with van der Waals surface area (Å²) in [6, 6.07) is 7.49. The van der Waals surface area contributed by atoms with Crippen molar-refractivity contribution in [1.82, 2.24) is 10.3 Å². The molecule has 1 aromatic carbocycles. The van der Waals surface area contributed by atoms with Crippen LogP contribution in [-0.4, -0.2) is 27.4 Å². The second-order valence-electron chi connectivity index (χ2n) is 6.52. The Kier molecular flexibility index (Phi) is 6.48. The molecule has 0 fully saturated rings. The van der Waals surface area contributed by atoms with Crippen molar-refractivity contribution in [2.24, 2.45) is 0 Å². The molecule has 0 bridgehead atoms. The van der Waals surface area contributed by atoms with Crippen molar-refractivity contribution in [3.63, 3.8) is 0 Å². The van der Waals surface area contributed by atoms with E-state index in [1.165, 1.54) is 66.0 Å². The summed E-state index contributed by atoms with van der Waals surface area (Å²) in [5.74, 6) is -1.29. The van der Waals surface area contributed by atoms with Crippen molar-refractivity contribution in [3.8, 4) is 0 Å². The van der Waals surface area contributed by atoms with Crippen LogP contribution in [0.1, 0.15) is 56.2 Å². The monoisotopic (exact) mass is 422 g/mol. The number of hydrogen-bond acceptors (Lipinski definition) is 6. The van der Waals surface area contributed by atoms with E-state index in [2.05, 4.69) is 15.0 Å². The number of hydrazine groups is 1. The van der Waals surface area contributed by atoms with E-state index < -0.39 is 21.9 Å². The molecular weight excluding hydrogens is 400 g/mol. The van der Waals surface area contributed by atoms with Gasteiger partial charge in [-0.25, -0.2) is 13.2 Å². The van der Waals surface area contributed by atoms with Crippen LogP contribution in [0.25, 0.3) is 0 Å². The minimum atomic E-state index is -4.14. The molecule has 0 saturated heterocycles. The van der Waals surface area contributed by atoms with Crippen LogP contribution in [0.4, 0.5) is 0 Å². The lowest BCUT2D eigenvalue weighted by atomic mass is 10.00. The minimum Gasteiger partial charge on any atom is -0.465 e. The van der Waals surface area contributed by atoms with Gasteiger partial charge in [-0.3, -0.25) is 10.2 Å². The number of carbonyl (C=O) groups is 2. The van der Waals surface area contributed by atoms with E-state index in [0.717, 1.165) is 25.7 Å². The Morgan fingerprint density at radius 1 is 1.07 bits per heavy atom. The highest BCUT2D eigenvalue weighted by atomic mass is 32.2. The molecule has 9 heteroatoms. The molecule has 1 amide bonds. The third-order valence-corrected chi connectivity index (χ3v) is 7.14. The van der Waals surface area contributed by atoms with E-state index in [4.69, 9.17) is 0 Å². The van der Waals surface area contributed by atoms with Gasteiger partial charge in [-0.05, 0) is 49.4 Å². The van der Waals surface area contributed by atoms with E-state index in [1.54, 1.807) is 0 Å². The van der Waals surface area contributed by atoms with Gasteiger partial charge in [0.25, 0.3) is 15.9 Å². The molecule has 0 aliphatic heterocycles. The summed E-state index contributed by atoms with van der Waals surface area (Å²) in [6.45, 7) is 0. The normalized spacial score (nSPS) is 14.5. The lowest BCUT2D eigenvalue weighted by Gasteiger charge is -2.10. The quantitative estimate of drug-likeness (QED) is 0.570. The fourth-order valence-electron chi connectivity index (χ4n) is 3.17. The highest BCUT2D eigenvalue weighted by Gasteiger charge is 2.24. The lowest BCUT2D eigenvalue weighted by molar-refractivity contribution is 0.0596. The number of esters is 1. The van der Waals surface area contributed by atoms with Gasteiger partial charge in [0.1, 0.15) is 0 Å². The van der Waals surface area contributed by atoms with Crippen LogP contribution in [0.3, 0.4) is 0 Å². The highest BCUT2D eigenvalue weighted by Crippen LogP contribution is 2.28. The van der Waals surface area contributed by atoms with Crippen LogP contribution < -0.4 is 10.3 Å². The van der Waals surface area contributed by atoms with Crippen molar-refractivity contribution in [2.45, 2.75) is 43.4 Å². The number of benzene rings is 1. The molecule has 1 aliphatic carbocycles. The van der Waals surface area contributed by atoms with Crippen LogP contribution in [-0.2, 0) is 27.6 Å². The van der Waals surface area contributed by atoms with Gasteiger partial charge in [0.15, 0.2) is 0 Å². The van der Waals surface area contributed by atoms with Crippen LogP contribution in [0.2, 0.25) is 0 Å². The number of fused-ring (bicyclic) bond motifs is 1. The summed E-state index contributed by atoms with van der Waals surface area (Å²) >= 11 is 1.40. The molecule has 0 atom stereocenters. The number of hydrogen-bond donors (Lipinski definition) is 2. The number of rotatable bonds is 5. The SMILES string of the molecule is COC(=O)c1ccccc1S(=O)(=O)NNC(=O)c1cc2c(s1)CCCCCC2. The molecule has 0 radical (unpaired) electrons. The van der Waals surface area contributed by atoms with Gasteiger partial charge in [-0.15, -0.1) is 16.2 Å². The summed E-state index contributed by atoms with van der Waals surface area (Å²) in [5, 5.41) is 0. The lowest BCUT2D eigenvalue weighted by Crippen LogP contribution is -2.41. The number of nitrogens with one attached hydrogen (secondary N) is 2. The summed E-state index contributed by atoms with van der Waals surface area (Å²) in [4.78, 5) is 27.7. The molecule has 7 nitrogen and oxygen atoms in total. The zero-order valence-electron chi connectivity index (χ0n) is 15.5. The predicted octanol–water partition coefficient (Wildman–Crippen LogP) is 2.82. The Morgan fingerprint density at radius 2 is 1.79 bits per heavy atom. The third kappa shape index (κ3) is 4.60. The first-order valence-electron chi connectivity index (χ1n) is 9.03. The Balaban J connectivity index is 1.74. The average molecular weight is 423 g/mol. The fraction of sp³-hybridized carbons (Fsp3) is 0.368. The average Bonchev–Trinajstić information content (AvgIpc) is 3.07. The molecule has 0 spiro atoms. The number of sulfonamides is 1. The van der Waals surface area contributed by atoms with Gasteiger partial charge in [0.05, 0.1) is 22.4 Å². The fourth-order valence-corrected chi connectivity index (χ4v) is 5.35. The Labute approximate surface area is 168 Å². The van der Waals surface area contributed by atoms with E-state index in [1.807, 2.05) is 6.07 Å². The molecule has 28 heavy (non-hydrogen) atoms. The van der Waals surface area contributed by atoms with Crippen LogP contribution in [0.15, 0.2) is 35.2 Å². The van der Waals surface area contributed by atoms with Gasteiger partial charge in [-0.1, -0.05) is 25.0 Å². The first-order chi connectivity index (χ1) is 13.4. The van der Waals surface area contributed by atoms with Gasteiger partial charge in [-0.2, -0.15) is 0 Å². The highest BCUT2D eigenvalue weighted by molar-refractivity contribution is 7.89. The smallest absolute Gasteiger partial charge is 0.339 e. The molecule has 1 aromatic heterocycles. The largest absolute Gasteiger partial charge is 0.465 e. The van der Waals surface area contributed by atoms with Crippen molar-refractivity contribution >= 4 is 33.2 Å². The number of aryl methyl sites for hydroxylation is 2. The van der Waals surface area contributed by atoms with E-state index in [-0.39, 0.29) is 10.5 Å². The number of carbonyl (C=O) groups excluding carboxylic acids is 2. The summed E-state index contributed by atoms with van der Waals surface area (Å²) in [6.07, 6.45) is 6.48.